The highest BCUT2D eigenvalue weighted by atomic mass is 15.3. The van der Waals surface area contributed by atoms with Crippen LogP contribution in [0.4, 0.5) is 5.69 Å². The monoisotopic (exact) mass is 356 g/mol. The van der Waals surface area contributed by atoms with Gasteiger partial charge in [-0.05, 0) is 37.0 Å². The Morgan fingerprint density at radius 2 is 1.85 bits per heavy atom. The molecular weight excluding hydrogens is 332 g/mol. The van der Waals surface area contributed by atoms with Gasteiger partial charge in [0.1, 0.15) is 0 Å². The van der Waals surface area contributed by atoms with Crippen LogP contribution in [0.5, 0.6) is 0 Å². The van der Waals surface area contributed by atoms with Gasteiger partial charge in [-0.15, -0.1) is 0 Å². The molecule has 0 saturated carbocycles. The van der Waals surface area contributed by atoms with E-state index in [0.717, 1.165) is 36.5 Å². The standard InChI is InChI=1S/C23H24N4/c1-17(25-26-21-10-6-3-7-11-21)22-13-19-12-20(14-24)23(22)27(16-19)15-18-8-4-2-5-9-18/h2-12,19,22-23,26H,13,15-16H2,1H3/b25-17+. The molecule has 4 heteroatoms. The highest BCUT2D eigenvalue weighted by molar-refractivity contribution is 5.86. The van der Waals surface area contributed by atoms with Crippen molar-refractivity contribution in [3.8, 4) is 6.07 Å². The molecule has 0 amide bonds. The first-order chi connectivity index (χ1) is 13.2. The van der Waals surface area contributed by atoms with Crippen LogP contribution < -0.4 is 5.43 Å². The lowest BCUT2D eigenvalue weighted by Gasteiger charge is -2.48. The van der Waals surface area contributed by atoms with Crippen molar-refractivity contribution >= 4 is 11.4 Å². The number of hydrazone groups is 1. The van der Waals surface area contributed by atoms with Gasteiger partial charge in [-0.2, -0.15) is 10.4 Å². The SMILES string of the molecule is C/C(=N\Nc1ccccc1)C1CC2C=C(C#N)C1N(Cc1ccccc1)C2. The summed E-state index contributed by atoms with van der Waals surface area (Å²) in [6, 6.07) is 23.1. The van der Waals surface area contributed by atoms with E-state index in [9.17, 15) is 5.26 Å². The van der Waals surface area contributed by atoms with Gasteiger partial charge in [0.25, 0.3) is 0 Å². The van der Waals surface area contributed by atoms with Crippen molar-refractivity contribution in [2.45, 2.75) is 25.9 Å². The highest BCUT2D eigenvalue weighted by Gasteiger charge is 2.43. The van der Waals surface area contributed by atoms with E-state index in [2.05, 4.69) is 58.8 Å². The largest absolute Gasteiger partial charge is 0.290 e. The zero-order valence-corrected chi connectivity index (χ0v) is 15.5. The number of hydrogen-bond donors (Lipinski definition) is 1. The lowest BCUT2D eigenvalue weighted by Crippen LogP contribution is -2.54. The Labute approximate surface area is 160 Å². The van der Waals surface area contributed by atoms with Crippen molar-refractivity contribution in [1.82, 2.24) is 4.90 Å². The maximum atomic E-state index is 9.70. The number of para-hydroxylation sites is 1. The maximum absolute atomic E-state index is 9.70. The quantitative estimate of drug-likeness (QED) is 0.636. The summed E-state index contributed by atoms with van der Waals surface area (Å²) < 4.78 is 0. The first-order valence-electron chi connectivity index (χ1n) is 9.49. The van der Waals surface area contributed by atoms with E-state index in [1.54, 1.807) is 0 Å². The van der Waals surface area contributed by atoms with Gasteiger partial charge in [-0.3, -0.25) is 10.3 Å². The lowest BCUT2D eigenvalue weighted by molar-refractivity contribution is 0.0980. The van der Waals surface area contributed by atoms with Gasteiger partial charge < -0.3 is 0 Å². The number of anilines is 1. The number of nitrogens with zero attached hydrogens (tertiary/aromatic N) is 3. The molecule has 27 heavy (non-hydrogen) atoms. The van der Waals surface area contributed by atoms with Crippen LogP contribution in [0.2, 0.25) is 0 Å². The van der Waals surface area contributed by atoms with Crippen LogP contribution in [-0.2, 0) is 6.54 Å². The van der Waals surface area contributed by atoms with E-state index in [-0.39, 0.29) is 12.0 Å². The van der Waals surface area contributed by atoms with Crippen LogP contribution in [0.15, 0.2) is 77.4 Å². The van der Waals surface area contributed by atoms with Crippen LogP contribution in [0, 0.1) is 23.2 Å². The number of benzene rings is 2. The molecule has 2 aliphatic heterocycles. The van der Waals surface area contributed by atoms with Gasteiger partial charge in [-0.1, -0.05) is 54.6 Å². The third kappa shape index (κ3) is 3.79. The minimum absolute atomic E-state index is 0.113. The van der Waals surface area contributed by atoms with Crippen LogP contribution in [0.25, 0.3) is 0 Å². The van der Waals surface area contributed by atoms with E-state index >= 15 is 0 Å². The Bertz CT molecular complexity index is 880. The summed E-state index contributed by atoms with van der Waals surface area (Å²) in [4.78, 5) is 2.45. The van der Waals surface area contributed by atoms with Crippen LogP contribution >= 0.6 is 0 Å². The number of rotatable bonds is 5. The first kappa shape index (κ1) is 17.5. The number of hydrogen-bond acceptors (Lipinski definition) is 4. The first-order valence-corrected chi connectivity index (χ1v) is 9.49. The fourth-order valence-corrected chi connectivity index (χ4v) is 4.32. The summed E-state index contributed by atoms with van der Waals surface area (Å²) in [5.41, 5.74) is 7.40. The molecule has 1 aliphatic carbocycles. The van der Waals surface area contributed by atoms with Gasteiger partial charge in [0.05, 0.1) is 17.8 Å². The second-order valence-electron chi connectivity index (χ2n) is 7.43. The molecule has 3 aliphatic rings. The molecule has 2 heterocycles. The molecule has 1 N–H and O–H groups in total. The minimum atomic E-state index is 0.113. The van der Waals surface area contributed by atoms with Crippen LogP contribution in [-0.4, -0.2) is 23.2 Å². The molecule has 1 saturated heterocycles. The third-order valence-corrected chi connectivity index (χ3v) is 5.56. The van der Waals surface area contributed by atoms with Crippen LogP contribution in [0.3, 0.4) is 0 Å². The van der Waals surface area contributed by atoms with Crippen molar-refractivity contribution in [3.63, 3.8) is 0 Å². The minimum Gasteiger partial charge on any atom is -0.290 e. The normalized spacial score (nSPS) is 25.0. The Hall–Kier alpha value is -2.90. The van der Waals surface area contributed by atoms with Gasteiger partial charge in [0.2, 0.25) is 0 Å². The van der Waals surface area contributed by atoms with Crippen molar-refractivity contribution in [2.24, 2.45) is 16.9 Å². The van der Waals surface area contributed by atoms with Crippen molar-refractivity contribution in [3.05, 3.63) is 77.9 Å². The molecule has 0 aromatic heterocycles. The fourth-order valence-electron chi connectivity index (χ4n) is 4.32. The molecule has 2 bridgehead atoms. The van der Waals surface area contributed by atoms with Gasteiger partial charge >= 0.3 is 0 Å². The Balaban J connectivity index is 1.56. The smallest absolute Gasteiger partial charge is 0.0960 e. The van der Waals surface area contributed by atoms with E-state index in [4.69, 9.17) is 0 Å². The average molecular weight is 356 g/mol. The molecule has 3 atom stereocenters. The molecule has 0 spiro atoms. The summed E-state index contributed by atoms with van der Waals surface area (Å²) >= 11 is 0. The van der Waals surface area contributed by atoms with Gasteiger partial charge in [-0.25, -0.2) is 0 Å². The van der Waals surface area contributed by atoms with E-state index in [0.29, 0.717) is 5.92 Å². The molecule has 136 valence electrons. The van der Waals surface area contributed by atoms with E-state index in [1.807, 2.05) is 36.4 Å². The zero-order chi connectivity index (χ0) is 18.6. The Kier molecular flexibility index (Phi) is 5.04. The Morgan fingerprint density at radius 1 is 1.15 bits per heavy atom. The number of nitriles is 1. The van der Waals surface area contributed by atoms with Crippen molar-refractivity contribution in [2.75, 3.05) is 12.0 Å². The molecule has 4 nitrogen and oxygen atoms in total. The molecule has 2 aromatic carbocycles. The second kappa shape index (κ2) is 7.77. The van der Waals surface area contributed by atoms with Crippen LogP contribution in [0.1, 0.15) is 18.9 Å². The summed E-state index contributed by atoms with van der Waals surface area (Å²) in [6.07, 6.45) is 3.24. The molecule has 1 fully saturated rings. The molecular formula is C23H24N4. The second-order valence-corrected chi connectivity index (χ2v) is 7.43. The predicted molar refractivity (Wildman–Crippen MR) is 109 cm³/mol. The zero-order valence-electron chi connectivity index (χ0n) is 15.5. The summed E-state index contributed by atoms with van der Waals surface area (Å²) in [5.74, 6) is 0.684. The number of nitrogens with one attached hydrogen (secondary N) is 1. The Morgan fingerprint density at radius 3 is 2.56 bits per heavy atom. The third-order valence-electron chi connectivity index (χ3n) is 5.56. The number of fused-ring (bicyclic) bond motifs is 2. The molecule has 0 radical (unpaired) electrons. The highest BCUT2D eigenvalue weighted by Crippen LogP contribution is 2.39. The molecule has 2 aromatic rings. The van der Waals surface area contributed by atoms with Gasteiger partial charge in [0, 0.05) is 30.3 Å². The van der Waals surface area contributed by atoms with Gasteiger partial charge in [0.15, 0.2) is 0 Å². The van der Waals surface area contributed by atoms with Crippen molar-refractivity contribution in [1.29, 1.82) is 5.26 Å². The summed E-state index contributed by atoms with van der Waals surface area (Å²) in [7, 11) is 0. The maximum Gasteiger partial charge on any atom is 0.0960 e. The molecule has 5 rings (SSSR count). The van der Waals surface area contributed by atoms with E-state index < -0.39 is 0 Å². The lowest BCUT2D eigenvalue weighted by atomic mass is 9.72. The van der Waals surface area contributed by atoms with E-state index in [1.165, 1.54) is 5.56 Å². The fraction of sp³-hybridized carbons (Fsp3) is 0.304. The predicted octanol–water partition coefficient (Wildman–Crippen LogP) is 4.44. The number of piperidine rings is 1. The van der Waals surface area contributed by atoms with Crippen molar-refractivity contribution < 1.29 is 0 Å². The summed E-state index contributed by atoms with van der Waals surface area (Å²) in [5, 5.41) is 14.4. The summed E-state index contributed by atoms with van der Waals surface area (Å²) in [6.45, 7) is 3.97. The molecule has 3 unspecified atom stereocenters. The topological polar surface area (TPSA) is 51.4 Å². The average Bonchev–Trinajstić information content (AvgIpc) is 2.73.